The van der Waals surface area contributed by atoms with E-state index in [0.717, 1.165) is 49.2 Å². The van der Waals surface area contributed by atoms with Gasteiger partial charge in [-0.2, -0.15) is 0 Å². The van der Waals surface area contributed by atoms with Gasteiger partial charge in [0.1, 0.15) is 0 Å². The Morgan fingerprint density at radius 3 is 2.62 bits per heavy atom. The number of nitrogens with one attached hydrogen (secondary N) is 1. The number of Topliss-reactive ketones (excluding diaryl/α,β-unsaturated/α-hetero) is 1. The number of halogens is 1. The Hall–Kier alpha value is -1.39. The van der Waals surface area contributed by atoms with Crippen LogP contribution in [0.15, 0.2) is 18.2 Å². The van der Waals surface area contributed by atoms with Gasteiger partial charge in [-0.05, 0) is 44.9 Å². The molecule has 1 amide bonds. The van der Waals surface area contributed by atoms with Crippen molar-refractivity contribution in [2.24, 2.45) is 0 Å². The molecule has 0 aromatic heterocycles. The lowest BCUT2D eigenvalue weighted by Crippen LogP contribution is -2.42. The van der Waals surface area contributed by atoms with Gasteiger partial charge in [0.2, 0.25) is 5.91 Å². The number of hydrogen-bond acceptors (Lipinski definition) is 3. The number of ketones is 1. The van der Waals surface area contributed by atoms with E-state index in [1.165, 1.54) is 0 Å². The van der Waals surface area contributed by atoms with Crippen molar-refractivity contribution in [1.82, 2.24) is 10.2 Å². The first kappa shape index (κ1) is 20.7. The average molecular weight is 353 g/mol. The Morgan fingerprint density at radius 2 is 2.00 bits per heavy atom. The van der Waals surface area contributed by atoms with Crippen LogP contribution in [0.1, 0.15) is 54.1 Å². The van der Waals surface area contributed by atoms with Gasteiger partial charge in [0, 0.05) is 37.5 Å². The monoisotopic (exact) mass is 352 g/mol. The van der Waals surface area contributed by atoms with Gasteiger partial charge < -0.3 is 10.2 Å². The largest absolute Gasteiger partial charge is 0.338 e. The van der Waals surface area contributed by atoms with Gasteiger partial charge in [-0.15, -0.1) is 12.4 Å². The highest BCUT2D eigenvalue weighted by Gasteiger charge is 2.26. The first-order chi connectivity index (χ1) is 11.0. The summed E-state index contributed by atoms with van der Waals surface area (Å²) in [4.78, 5) is 27.0. The molecule has 1 N–H and O–H groups in total. The highest BCUT2D eigenvalue weighted by atomic mass is 35.5. The second kappa shape index (κ2) is 9.80. The second-order valence-corrected chi connectivity index (χ2v) is 6.48. The zero-order chi connectivity index (χ0) is 16.8. The van der Waals surface area contributed by atoms with Crippen molar-refractivity contribution in [3.05, 3.63) is 34.9 Å². The molecule has 1 atom stereocenters. The average Bonchev–Trinajstić information content (AvgIpc) is 3.06. The molecule has 0 aliphatic carbocycles. The number of hydrogen-bond donors (Lipinski definition) is 1. The van der Waals surface area contributed by atoms with E-state index in [1.807, 2.05) is 36.9 Å². The molecule has 134 valence electrons. The maximum absolute atomic E-state index is 12.6. The Kier molecular flexibility index (Phi) is 8.43. The van der Waals surface area contributed by atoms with Crippen LogP contribution >= 0.6 is 12.4 Å². The maximum atomic E-state index is 12.6. The van der Waals surface area contributed by atoms with E-state index in [4.69, 9.17) is 0 Å². The summed E-state index contributed by atoms with van der Waals surface area (Å²) in [5, 5.41) is 3.31. The summed E-state index contributed by atoms with van der Waals surface area (Å²) in [6.07, 6.45) is 2.57. The van der Waals surface area contributed by atoms with Gasteiger partial charge in [0.25, 0.3) is 0 Å². The van der Waals surface area contributed by atoms with E-state index in [0.29, 0.717) is 18.9 Å². The van der Waals surface area contributed by atoms with Gasteiger partial charge in [-0.25, -0.2) is 0 Å². The third kappa shape index (κ3) is 5.32. The van der Waals surface area contributed by atoms with Crippen LogP contribution in [0.5, 0.6) is 0 Å². The Morgan fingerprint density at radius 1 is 1.25 bits per heavy atom. The predicted molar refractivity (Wildman–Crippen MR) is 100 cm³/mol. The Labute approximate surface area is 151 Å². The molecule has 4 nitrogen and oxygen atoms in total. The molecule has 2 rings (SSSR count). The number of amides is 1. The second-order valence-electron chi connectivity index (χ2n) is 6.48. The minimum atomic E-state index is 0. The molecular formula is C19H29ClN2O2. The lowest BCUT2D eigenvalue weighted by atomic mass is 9.99. The van der Waals surface area contributed by atoms with Crippen LogP contribution in [0.3, 0.4) is 0 Å². The lowest BCUT2D eigenvalue weighted by Gasteiger charge is -2.28. The van der Waals surface area contributed by atoms with Crippen molar-refractivity contribution in [3.8, 4) is 0 Å². The highest BCUT2D eigenvalue weighted by molar-refractivity contribution is 5.99. The van der Waals surface area contributed by atoms with Crippen LogP contribution in [0.2, 0.25) is 0 Å². The van der Waals surface area contributed by atoms with Crippen LogP contribution in [0.4, 0.5) is 0 Å². The van der Waals surface area contributed by atoms with Crippen molar-refractivity contribution in [3.63, 3.8) is 0 Å². The minimum Gasteiger partial charge on any atom is -0.338 e. The van der Waals surface area contributed by atoms with Gasteiger partial charge in [0.15, 0.2) is 5.78 Å². The highest BCUT2D eigenvalue weighted by Crippen LogP contribution is 2.16. The molecule has 0 radical (unpaired) electrons. The number of carbonyl (C=O) groups excluding carboxylic acids is 2. The molecule has 1 aliphatic heterocycles. The SMILES string of the molecule is CCCN(C(=O)CCC(=O)c1cc(C)ccc1C)C1CCNC1.Cl. The molecule has 1 aliphatic rings. The number of benzene rings is 1. The molecule has 1 heterocycles. The molecule has 5 heteroatoms. The Bertz CT molecular complexity index is 568. The number of rotatable bonds is 7. The van der Waals surface area contributed by atoms with Crippen LogP contribution in [0.25, 0.3) is 0 Å². The summed E-state index contributed by atoms with van der Waals surface area (Å²) >= 11 is 0. The number of nitrogens with zero attached hydrogens (tertiary/aromatic N) is 1. The van der Waals surface area contributed by atoms with Gasteiger partial charge in [-0.3, -0.25) is 9.59 Å². The fraction of sp³-hybridized carbons (Fsp3) is 0.579. The zero-order valence-electron chi connectivity index (χ0n) is 14.9. The third-order valence-corrected chi connectivity index (χ3v) is 4.52. The minimum absolute atomic E-state index is 0. The van der Waals surface area contributed by atoms with Crippen molar-refractivity contribution in [1.29, 1.82) is 0 Å². The summed E-state index contributed by atoms with van der Waals surface area (Å²) in [6.45, 7) is 8.64. The molecule has 1 aromatic carbocycles. The molecule has 1 unspecified atom stereocenters. The van der Waals surface area contributed by atoms with Crippen LogP contribution in [0, 0.1) is 13.8 Å². The standard InChI is InChI=1S/C19H28N2O2.ClH/c1-4-11-21(16-9-10-20-13-16)19(23)8-7-18(22)17-12-14(2)5-6-15(17)3;/h5-6,12,16,20H,4,7-11,13H2,1-3H3;1H. The molecule has 1 aromatic rings. The maximum Gasteiger partial charge on any atom is 0.223 e. The summed E-state index contributed by atoms with van der Waals surface area (Å²) in [6, 6.07) is 6.19. The molecule has 0 bridgehead atoms. The summed E-state index contributed by atoms with van der Waals surface area (Å²) in [7, 11) is 0. The fourth-order valence-corrected chi connectivity index (χ4v) is 3.19. The van der Waals surface area contributed by atoms with Gasteiger partial charge in [-0.1, -0.05) is 24.6 Å². The number of carbonyl (C=O) groups is 2. The quantitative estimate of drug-likeness (QED) is 0.766. The van der Waals surface area contributed by atoms with Crippen molar-refractivity contribution in [2.45, 2.75) is 52.5 Å². The summed E-state index contributed by atoms with van der Waals surface area (Å²) < 4.78 is 0. The smallest absolute Gasteiger partial charge is 0.223 e. The topological polar surface area (TPSA) is 49.4 Å². The van der Waals surface area contributed by atoms with Crippen LogP contribution in [-0.4, -0.2) is 42.3 Å². The van der Waals surface area contributed by atoms with E-state index >= 15 is 0 Å². The van der Waals surface area contributed by atoms with Crippen molar-refractivity contribution < 1.29 is 9.59 Å². The lowest BCUT2D eigenvalue weighted by molar-refractivity contribution is -0.133. The summed E-state index contributed by atoms with van der Waals surface area (Å²) in [5.74, 6) is 0.180. The predicted octanol–water partition coefficient (Wildman–Crippen LogP) is 3.29. The van der Waals surface area contributed by atoms with E-state index in [2.05, 4.69) is 12.2 Å². The van der Waals surface area contributed by atoms with Gasteiger partial charge >= 0.3 is 0 Å². The first-order valence-electron chi connectivity index (χ1n) is 8.63. The first-order valence-corrected chi connectivity index (χ1v) is 8.63. The van der Waals surface area contributed by atoms with Crippen LogP contribution in [-0.2, 0) is 4.79 Å². The molecule has 24 heavy (non-hydrogen) atoms. The van der Waals surface area contributed by atoms with Crippen molar-refractivity contribution in [2.75, 3.05) is 19.6 Å². The number of aryl methyl sites for hydroxylation is 2. The van der Waals surface area contributed by atoms with Gasteiger partial charge in [0.05, 0.1) is 0 Å². The molecular weight excluding hydrogens is 324 g/mol. The molecule has 1 fully saturated rings. The van der Waals surface area contributed by atoms with E-state index in [9.17, 15) is 9.59 Å². The van der Waals surface area contributed by atoms with E-state index in [1.54, 1.807) is 0 Å². The van der Waals surface area contributed by atoms with Crippen molar-refractivity contribution >= 4 is 24.1 Å². The molecule has 0 saturated carbocycles. The van der Waals surface area contributed by atoms with E-state index in [-0.39, 0.29) is 24.1 Å². The van der Waals surface area contributed by atoms with E-state index < -0.39 is 0 Å². The summed E-state index contributed by atoms with van der Waals surface area (Å²) in [5.41, 5.74) is 2.82. The molecule has 0 spiro atoms. The zero-order valence-corrected chi connectivity index (χ0v) is 15.7. The third-order valence-electron chi connectivity index (χ3n) is 4.52. The molecule has 1 saturated heterocycles. The normalized spacial score (nSPS) is 16.5. The van der Waals surface area contributed by atoms with Crippen LogP contribution < -0.4 is 5.32 Å². The fourth-order valence-electron chi connectivity index (χ4n) is 3.19. The Balaban J connectivity index is 0.00000288.